The molecule has 0 aromatic heterocycles. The molecular weight excluding hydrogens is 242 g/mol. The van der Waals surface area contributed by atoms with Gasteiger partial charge >= 0.3 is 0 Å². The SMILES string of the molecule is O=C(NC[C@H](CO)CC1CCCCC1)[C@@H]1CCCO1. The van der Waals surface area contributed by atoms with Crippen LogP contribution in [-0.2, 0) is 9.53 Å². The van der Waals surface area contributed by atoms with E-state index in [1.165, 1.54) is 32.1 Å². The first-order valence-electron chi connectivity index (χ1n) is 7.79. The highest BCUT2D eigenvalue weighted by atomic mass is 16.5. The van der Waals surface area contributed by atoms with Gasteiger partial charge in [-0.15, -0.1) is 0 Å². The van der Waals surface area contributed by atoms with Gasteiger partial charge in [0.2, 0.25) is 5.91 Å². The zero-order valence-corrected chi connectivity index (χ0v) is 11.8. The fraction of sp³-hybridized carbons (Fsp3) is 0.933. The van der Waals surface area contributed by atoms with Crippen LogP contribution in [-0.4, -0.2) is 36.9 Å². The Morgan fingerprint density at radius 2 is 2.00 bits per heavy atom. The molecule has 0 unspecified atom stereocenters. The molecule has 0 bridgehead atoms. The highest BCUT2D eigenvalue weighted by Gasteiger charge is 2.24. The number of hydrogen-bond donors (Lipinski definition) is 2. The predicted molar refractivity (Wildman–Crippen MR) is 73.8 cm³/mol. The van der Waals surface area contributed by atoms with Crippen molar-refractivity contribution in [3.63, 3.8) is 0 Å². The summed E-state index contributed by atoms with van der Waals surface area (Å²) in [4.78, 5) is 11.8. The second kappa shape index (κ2) is 7.85. The smallest absolute Gasteiger partial charge is 0.249 e. The average molecular weight is 269 g/mol. The number of rotatable bonds is 6. The molecule has 2 N–H and O–H groups in total. The summed E-state index contributed by atoms with van der Waals surface area (Å²) in [5.74, 6) is 0.943. The third kappa shape index (κ3) is 4.77. The summed E-state index contributed by atoms with van der Waals surface area (Å²) in [5, 5.41) is 12.4. The topological polar surface area (TPSA) is 58.6 Å². The summed E-state index contributed by atoms with van der Waals surface area (Å²) < 4.78 is 5.36. The van der Waals surface area contributed by atoms with Gasteiger partial charge in [0, 0.05) is 19.8 Å². The minimum Gasteiger partial charge on any atom is -0.396 e. The lowest BCUT2D eigenvalue weighted by Gasteiger charge is -2.26. The summed E-state index contributed by atoms with van der Waals surface area (Å²) in [6, 6.07) is 0. The van der Waals surface area contributed by atoms with Crippen molar-refractivity contribution in [1.29, 1.82) is 0 Å². The van der Waals surface area contributed by atoms with Crippen LogP contribution in [0, 0.1) is 11.8 Å². The Labute approximate surface area is 115 Å². The van der Waals surface area contributed by atoms with Gasteiger partial charge in [0.15, 0.2) is 0 Å². The lowest BCUT2D eigenvalue weighted by atomic mass is 9.83. The number of amides is 1. The van der Waals surface area contributed by atoms with Crippen LogP contribution in [0.5, 0.6) is 0 Å². The van der Waals surface area contributed by atoms with Crippen LogP contribution < -0.4 is 5.32 Å². The molecule has 0 radical (unpaired) electrons. The van der Waals surface area contributed by atoms with E-state index < -0.39 is 0 Å². The first-order chi connectivity index (χ1) is 9.29. The van der Waals surface area contributed by atoms with Gasteiger partial charge in [-0.2, -0.15) is 0 Å². The molecule has 4 nitrogen and oxygen atoms in total. The second-order valence-corrected chi connectivity index (χ2v) is 6.04. The third-order valence-electron chi connectivity index (χ3n) is 4.44. The second-order valence-electron chi connectivity index (χ2n) is 6.04. The van der Waals surface area contributed by atoms with Crippen LogP contribution in [0.2, 0.25) is 0 Å². The number of ether oxygens (including phenoxy) is 1. The summed E-state index contributed by atoms with van der Waals surface area (Å²) in [7, 11) is 0. The molecule has 2 fully saturated rings. The Morgan fingerprint density at radius 1 is 1.21 bits per heavy atom. The van der Waals surface area contributed by atoms with E-state index in [1.54, 1.807) is 0 Å². The number of carbonyl (C=O) groups is 1. The number of aliphatic hydroxyl groups excluding tert-OH is 1. The van der Waals surface area contributed by atoms with Crippen LogP contribution in [0.3, 0.4) is 0 Å². The maximum atomic E-state index is 11.8. The first-order valence-corrected chi connectivity index (χ1v) is 7.79. The van der Waals surface area contributed by atoms with E-state index in [-0.39, 0.29) is 24.5 Å². The Hall–Kier alpha value is -0.610. The molecular formula is C15H27NO3. The van der Waals surface area contributed by atoms with Crippen molar-refractivity contribution < 1.29 is 14.6 Å². The lowest BCUT2D eigenvalue weighted by molar-refractivity contribution is -0.130. The average Bonchev–Trinajstić information content (AvgIpc) is 2.98. The zero-order chi connectivity index (χ0) is 13.5. The van der Waals surface area contributed by atoms with E-state index in [4.69, 9.17) is 4.74 Å². The van der Waals surface area contributed by atoms with Gasteiger partial charge in [-0.3, -0.25) is 4.79 Å². The highest BCUT2D eigenvalue weighted by molar-refractivity contribution is 5.80. The summed E-state index contributed by atoms with van der Waals surface area (Å²) in [6.07, 6.45) is 9.18. The molecule has 1 aliphatic carbocycles. The number of nitrogens with one attached hydrogen (secondary N) is 1. The molecule has 19 heavy (non-hydrogen) atoms. The molecule has 0 aromatic rings. The van der Waals surface area contributed by atoms with Crippen molar-refractivity contribution in [1.82, 2.24) is 5.32 Å². The molecule has 1 aliphatic heterocycles. The fourth-order valence-electron chi connectivity index (χ4n) is 3.26. The summed E-state index contributed by atoms with van der Waals surface area (Å²) >= 11 is 0. The highest BCUT2D eigenvalue weighted by Crippen LogP contribution is 2.28. The predicted octanol–water partition coefficient (Wildman–Crippen LogP) is 1.86. The minimum atomic E-state index is -0.256. The Kier molecular flexibility index (Phi) is 6.11. The molecule has 4 heteroatoms. The fourth-order valence-corrected chi connectivity index (χ4v) is 3.26. The molecule has 2 atom stereocenters. The maximum Gasteiger partial charge on any atom is 0.249 e. The molecule has 0 spiro atoms. The third-order valence-corrected chi connectivity index (χ3v) is 4.44. The Balaban J connectivity index is 1.67. The quantitative estimate of drug-likeness (QED) is 0.774. The van der Waals surface area contributed by atoms with Gasteiger partial charge in [0.05, 0.1) is 0 Å². The molecule has 1 saturated heterocycles. The van der Waals surface area contributed by atoms with Crippen molar-refractivity contribution in [2.24, 2.45) is 11.8 Å². The molecule has 2 rings (SSSR count). The Bertz CT molecular complexity index is 271. The largest absolute Gasteiger partial charge is 0.396 e. The number of hydrogen-bond acceptors (Lipinski definition) is 3. The van der Waals surface area contributed by atoms with Gasteiger partial charge in [0.1, 0.15) is 6.10 Å². The van der Waals surface area contributed by atoms with Crippen molar-refractivity contribution in [2.45, 2.75) is 57.5 Å². The van der Waals surface area contributed by atoms with E-state index in [9.17, 15) is 9.90 Å². The molecule has 0 aromatic carbocycles. The van der Waals surface area contributed by atoms with Crippen LogP contribution in [0.25, 0.3) is 0 Å². The van der Waals surface area contributed by atoms with Gasteiger partial charge in [-0.25, -0.2) is 0 Å². The standard InChI is InChI=1S/C15H27NO3/c17-11-13(9-12-5-2-1-3-6-12)10-16-15(18)14-7-4-8-19-14/h12-14,17H,1-11H2,(H,16,18)/t13-,14+/m1/s1. The van der Waals surface area contributed by atoms with Crippen LogP contribution >= 0.6 is 0 Å². The van der Waals surface area contributed by atoms with E-state index in [0.29, 0.717) is 13.2 Å². The van der Waals surface area contributed by atoms with Gasteiger partial charge in [-0.05, 0) is 31.1 Å². The van der Waals surface area contributed by atoms with Crippen molar-refractivity contribution in [2.75, 3.05) is 19.8 Å². The zero-order valence-electron chi connectivity index (χ0n) is 11.8. The molecule has 2 aliphatic rings. The van der Waals surface area contributed by atoms with Gasteiger partial charge < -0.3 is 15.2 Å². The summed E-state index contributed by atoms with van der Waals surface area (Å²) in [5.41, 5.74) is 0. The van der Waals surface area contributed by atoms with E-state index >= 15 is 0 Å². The van der Waals surface area contributed by atoms with E-state index in [2.05, 4.69) is 5.32 Å². The van der Waals surface area contributed by atoms with Crippen molar-refractivity contribution in [3.05, 3.63) is 0 Å². The lowest BCUT2D eigenvalue weighted by Crippen LogP contribution is -2.38. The molecule has 110 valence electrons. The Morgan fingerprint density at radius 3 is 2.63 bits per heavy atom. The minimum absolute atomic E-state index is 0.000376. The molecule has 1 saturated carbocycles. The first kappa shape index (κ1) is 14.8. The number of carbonyl (C=O) groups excluding carboxylic acids is 1. The number of aliphatic hydroxyl groups is 1. The molecule has 1 amide bonds. The van der Waals surface area contributed by atoms with Gasteiger partial charge in [0.25, 0.3) is 0 Å². The summed E-state index contributed by atoms with van der Waals surface area (Å²) in [6.45, 7) is 1.46. The van der Waals surface area contributed by atoms with Crippen molar-refractivity contribution >= 4 is 5.91 Å². The monoisotopic (exact) mass is 269 g/mol. The van der Waals surface area contributed by atoms with E-state index in [0.717, 1.165) is 25.2 Å². The van der Waals surface area contributed by atoms with Crippen LogP contribution in [0.4, 0.5) is 0 Å². The van der Waals surface area contributed by atoms with E-state index in [1.807, 2.05) is 0 Å². The molecule has 1 heterocycles. The van der Waals surface area contributed by atoms with Crippen LogP contribution in [0.1, 0.15) is 51.4 Å². The van der Waals surface area contributed by atoms with Crippen LogP contribution in [0.15, 0.2) is 0 Å². The normalized spacial score (nSPS) is 26.3. The van der Waals surface area contributed by atoms with Gasteiger partial charge in [-0.1, -0.05) is 32.1 Å². The van der Waals surface area contributed by atoms with Crippen molar-refractivity contribution in [3.8, 4) is 0 Å². The maximum absolute atomic E-state index is 11.8.